The number of fused-ring (bicyclic) bond motifs is 5. The molecule has 0 unspecified atom stereocenters. The Morgan fingerprint density at radius 1 is 0.224 bits per heavy atom. The summed E-state index contributed by atoms with van der Waals surface area (Å²) in [5.74, 6) is 0. The van der Waals surface area contributed by atoms with Gasteiger partial charge in [0.05, 0.1) is 11.4 Å². The van der Waals surface area contributed by atoms with Crippen molar-refractivity contribution in [2.45, 2.75) is 27.7 Å². The van der Waals surface area contributed by atoms with E-state index in [1.807, 2.05) is 0 Å². The summed E-state index contributed by atoms with van der Waals surface area (Å²) in [4.78, 5) is 4.91. The molecule has 0 aliphatic rings. The van der Waals surface area contributed by atoms with Crippen molar-refractivity contribution in [2.75, 3.05) is 9.80 Å². The lowest BCUT2D eigenvalue weighted by Crippen LogP contribution is -2.11. The average Bonchev–Trinajstić information content (AvgIpc) is 3.46. The van der Waals surface area contributed by atoms with Gasteiger partial charge in [0.25, 0.3) is 0 Å². The van der Waals surface area contributed by atoms with Crippen LogP contribution in [0.15, 0.2) is 255 Å². The molecule has 362 valence electrons. The van der Waals surface area contributed by atoms with Crippen LogP contribution in [0.3, 0.4) is 0 Å². The molecule has 13 aromatic carbocycles. The van der Waals surface area contributed by atoms with E-state index in [-0.39, 0.29) is 0 Å². The molecular formula is C74H56N2. The molecule has 0 saturated carbocycles. The molecule has 76 heavy (non-hydrogen) atoms. The van der Waals surface area contributed by atoms with E-state index in [4.69, 9.17) is 0 Å². The first-order valence-corrected chi connectivity index (χ1v) is 26.4. The average molecular weight is 973 g/mol. The number of anilines is 6. The number of hydrogen-bond acceptors (Lipinski definition) is 2. The fourth-order valence-corrected chi connectivity index (χ4v) is 11.5. The summed E-state index contributed by atoms with van der Waals surface area (Å²) in [6, 6.07) is 94.4. The number of rotatable bonds is 10. The van der Waals surface area contributed by atoms with Crippen LogP contribution in [0.5, 0.6) is 0 Å². The molecule has 0 aliphatic heterocycles. The van der Waals surface area contributed by atoms with Crippen LogP contribution in [0.1, 0.15) is 33.4 Å². The number of benzene rings is 13. The van der Waals surface area contributed by atoms with Gasteiger partial charge in [-0.3, -0.25) is 0 Å². The second kappa shape index (κ2) is 19.4. The lowest BCUT2D eigenvalue weighted by Gasteiger charge is -2.30. The van der Waals surface area contributed by atoms with Gasteiger partial charge in [-0.15, -0.1) is 0 Å². The predicted octanol–water partition coefficient (Wildman–Crippen LogP) is 21.1. The molecule has 0 heterocycles. The van der Waals surface area contributed by atoms with Gasteiger partial charge in [-0.1, -0.05) is 241 Å². The number of aryl methyl sites for hydroxylation is 4. The highest BCUT2D eigenvalue weighted by Gasteiger charge is 2.26. The molecule has 0 fully saturated rings. The van der Waals surface area contributed by atoms with Gasteiger partial charge in [-0.2, -0.15) is 0 Å². The molecule has 0 atom stereocenters. The fraction of sp³-hybridized carbons (Fsp3) is 0.0541. The van der Waals surface area contributed by atoms with Crippen LogP contribution in [-0.2, 0) is 0 Å². The Kier molecular flexibility index (Phi) is 11.8. The molecule has 2 heteroatoms. The molecule has 0 saturated heterocycles. The monoisotopic (exact) mass is 972 g/mol. The topological polar surface area (TPSA) is 6.48 Å². The molecule has 13 rings (SSSR count). The standard InChI is InChI=1S/C74H56N2/c1-49-25-33-53(34-26-49)35-36-54-37-45-58(46-38-54)76(57-43-31-52(4)32-44-57)74-69-23-13-9-19-63(69)72(64-20-10-14-24-70(64)74)66-48-47-65(59-15-5-6-16-60(59)66)71-61-17-7-11-21-67(61)73(68-22-12-8-18-62(68)71)75(55-39-27-50(2)28-40-55)56-41-29-51(3)30-42-56/h5-48H,1-4H3/b36-35+. The molecule has 0 aromatic heterocycles. The molecule has 13 aromatic rings. The maximum atomic E-state index is 2.46. The van der Waals surface area contributed by atoms with Gasteiger partial charge in [0.1, 0.15) is 0 Å². The first-order valence-electron chi connectivity index (χ1n) is 26.4. The van der Waals surface area contributed by atoms with E-state index in [0.29, 0.717) is 0 Å². The minimum Gasteiger partial charge on any atom is -0.309 e. The Hall–Kier alpha value is -9.50. The summed E-state index contributed by atoms with van der Waals surface area (Å²) in [5.41, 5.74) is 19.0. The highest BCUT2D eigenvalue weighted by molar-refractivity contribution is 6.28. The molecule has 2 nitrogen and oxygen atoms in total. The van der Waals surface area contributed by atoms with Gasteiger partial charge in [0.2, 0.25) is 0 Å². The summed E-state index contributed by atoms with van der Waals surface area (Å²) in [6.45, 7) is 8.60. The van der Waals surface area contributed by atoms with Crippen molar-refractivity contribution in [3.63, 3.8) is 0 Å². The van der Waals surface area contributed by atoms with Gasteiger partial charge in [-0.25, -0.2) is 0 Å². The van der Waals surface area contributed by atoms with Crippen molar-refractivity contribution in [1.29, 1.82) is 0 Å². The zero-order chi connectivity index (χ0) is 51.3. The summed E-state index contributed by atoms with van der Waals surface area (Å²) in [7, 11) is 0. The summed E-state index contributed by atoms with van der Waals surface area (Å²) in [6.07, 6.45) is 4.39. The van der Waals surface area contributed by atoms with E-state index >= 15 is 0 Å². The Bertz CT molecular complexity index is 4180. The molecule has 0 radical (unpaired) electrons. The van der Waals surface area contributed by atoms with Gasteiger partial charge in [0.15, 0.2) is 0 Å². The lowest BCUT2D eigenvalue weighted by molar-refractivity contribution is 1.29. The largest absolute Gasteiger partial charge is 0.309 e. The van der Waals surface area contributed by atoms with Crippen molar-refractivity contribution in [2.24, 2.45) is 0 Å². The van der Waals surface area contributed by atoms with Crippen molar-refractivity contribution in [3.8, 4) is 22.3 Å². The van der Waals surface area contributed by atoms with Crippen LogP contribution in [-0.4, -0.2) is 0 Å². The molecule has 0 spiro atoms. The Labute approximate surface area is 445 Å². The van der Waals surface area contributed by atoms with Crippen molar-refractivity contribution in [1.82, 2.24) is 0 Å². The Morgan fingerprint density at radius 2 is 0.447 bits per heavy atom. The first kappa shape index (κ1) is 46.3. The minimum absolute atomic E-state index is 1.10. The third-order valence-electron chi connectivity index (χ3n) is 15.3. The molecule has 0 aliphatic carbocycles. The summed E-state index contributed by atoms with van der Waals surface area (Å²) < 4.78 is 0. The summed E-state index contributed by atoms with van der Waals surface area (Å²) in [5, 5.41) is 12.0. The zero-order valence-electron chi connectivity index (χ0n) is 43.3. The van der Waals surface area contributed by atoms with Crippen molar-refractivity contribution in [3.05, 3.63) is 288 Å². The minimum atomic E-state index is 1.10. The third-order valence-corrected chi connectivity index (χ3v) is 15.3. The van der Waals surface area contributed by atoms with Crippen LogP contribution < -0.4 is 9.80 Å². The van der Waals surface area contributed by atoms with Crippen LogP contribution in [0.25, 0.3) is 88.3 Å². The van der Waals surface area contributed by atoms with E-state index < -0.39 is 0 Å². The molecular weight excluding hydrogens is 917 g/mol. The van der Waals surface area contributed by atoms with Gasteiger partial charge >= 0.3 is 0 Å². The van der Waals surface area contributed by atoms with Crippen LogP contribution in [0.2, 0.25) is 0 Å². The second-order valence-electron chi connectivity index (χ2n) is 20.3. The smallest absolute Gasteiger partial charge is 0.0618 e. The van der Waals surface area contributed by atoms with E-state index in [2.05, 4.69) is 304 Å². The van der Waals surface area contributed by atoms with E-state index in [9.17, 15) is 0 Å². The van der Waals surface area contributed by atoms with Gasteiger partial charge < -0.3 is 9.80 Å². The number of hydrogen-bond donors (Lipinski definition) is 0. The quantitative estimate of drug-likeness (QED) is 0.0995. The van der Waals surface area contributed by atoms with Crippen molar-refractivity contribution < 1.29 is 0 Å². The third kappa shape index (κ3) is 8.25. The molecule has 0 N–H and O–H groups in total. The zero-order valence-corrected chi connectivity index (χ0v) is 43.3. The normalized spacial score (nSPS) is 11.6. The van der Waals surface area contributed by atoms with Crippen LogP contribution >= 0.6 is 0 Å². The first-order chi connectivity index (χ1) is 37.4. The van der Waals surface area contributed by atoms with Crippen LogP contribution in [0, 0.1) is 27.7 Å². The van der Waals surface area contributed by atoms with E-state index in [1.54, 1.807) is 0 Å². The maximum absolute atomic E-state index is 2.46. The van der Waals surface area contributed by atoms with Crippen LogP contribution in [0.4, 0.5) is 34.1 Å². The fourth-order valence-electron chi connectivity index (χ4n) is 11.5. The Morgan fingerprint density at radius 3 is 0.737 bits per heavy atom. The predicted molar refractivity (Wildman–Crippen MR) is 329 cm³/mol. The lowest BCUT2D eigenvalue weighted by atomic mass is 9.84. The maximum Gasteiger partial charge on any atom is 0.0618 e. The highest BCUT2D eigenvalue weighted by Crippen LogP contribution is 2.52. The summed E-state index contributed by atoms with van der Waals surface area (Å²) >= 11 is 0. The van der Waals surface area contributed by atoms with Gasteiger partial charge in [-0.05, 0) is 142 Å². The van der Waals surface area contributed by atoms with E-state index in [1.165, 1.54) is 110 Å². The SMILES string of the molecule is Cc1ccc(/C=C/c2ccc(N(c3ccc(C)cc3)c3c4ccccc4c(-c4ccc(-c5c6ccccc6c(N(c6ccc(C)cc6)c6ccc(C)cc6)c6ccccc56)c5ccccc45)c4ccccc34)cc2)cc1. The second-order valence-corrected chi connectivity index (χ2v) is 20.3. The molecule has 0 bridgehead atoms. The number of nitrogens with zero attached hydrogens (tertiary/aromatic N) is 2. The van der Waals surface area contributed by atoms with Crippen molar-refractivity contribution >= 4 is 100 Å². The Balaban J connectivity index is 1.01. The molecule has 0 amide bonds. The van der Waals surface area contributed by atoms with Gasteiger partial charge in [0, 0.05) is 44.3 Å². The highest BCUT2D eigenvalue weighted by atomic mass is 15.2. The van der Waals surface area contributed by atoms with E-state index in [0.717, 1.165) is 34.0 Å².